The molecule has 29 heavy (non-hydrogen) atoms. The van der Waals surface area contributed by atoms with E-state index in [9.17, 15) is 9.59 Å². The summed E-state index contributed by atoms with van der Waals surface area (Å²) in [4.78, 5) is 29.6. The summed E-state index contributed by atoms with van der Waals surface area (Å²) in [7, 11) is 3.38. The lowest BCUT2D eigenvalue weighted by Crippen LogP contribution is -2.23. The van der Waals surface area contributed by atoms with E-state index in [4.69, 9.17) is 9.84 Å². The number of halogens is 2. The molecule has 0 bridgehead atoms. The number of ether oxygens (including phenoxy) is 1. The first kappa shape index (κ1) is 22.1. The second-order valence-corrected chi connectivity index (χ2v) is 9.42. The van der Waals surface area contributed by atoms with Crippen LogP contribution >= 0.6 is 56.9 Å². The third-order valence-electron chi connectivity index (χ3n) is 4.10. The monoisotopic (exact) mass is 634 g/mol. The highest BCUT2D eigenvalue weighted by molar-refractivity contribution is 14.1. The first-order valence-corrected chi connectivity index (χ1v) is 11.4. The van der Waals surface area contributed by atoms with Crippen LogP contribution in [0.2, 0.25) is 0 Å². The summed E-state index contributed by atoms with van der Waals surface area (Å²) in [5.74, 6) is -0.256. The number of aromatic carboxylic acids is 1. The van der Waals surface area contributed by atoms with E-state index in [1.54, 1.807) is 43.3 Å². The van der Waals surface area contributed by atoms with Gasteiger partial charge in [0, 0.05) is 14.1 Å². The molecular weight excluding hydrogens is 618 g/mol. The number of benzene rings is 2. The van der Waals surface area contributed by atoms with Gasteiger partial charge in [0.15, 0.2) is 5.17 Å². The van der Waals surface area contributed by atoms with Gasteiger partial charge in [0.25, 0.3) is 5.91 Å². The van der Waals surface area contributed by atoms with Crippen LogP contribution in [-0.4, -0.2) is 41.1 Å². The average Bonchev–Trinajstić information content (AvgIpc) is 2.95. The maximum absolute atomic E-state index is 12.3. The molecule has 0 saturated carbocycles. The Bertz CT molecular complexity index is 1010. The predicted octanol–water partition coefficient (Wildman–Crippen LogP) is 4.70. The zero-order chi connectivity index (χ0) is 21.1. The average molecular weight is 634 g/mol. The van der Waals surface area contributed by atoms with Crippen LogP contribution in [0.3, 0.4) is 0 Å². The Morgan fingerprint density at radius 1 is 1.24 bits per heavy atom. The predicted molar refractivity (Wildman–Crippen MR) is 131 cm³/mol. The van der Waals surface area contributed by atoms with Crippen LogP contribution in [0.5, 0.6) is 5.75 Å². The number of amidine groups is 1. The second kappa shape index (κ2) is 9.47. The Morgan fingerprint density at radius 2 is 1.86 bits per heavy atom. The summed E-state index contributed by atoms with van der Waals surface area (Å²) >= 11 is 5.78. The van der Waals surface area contributed by atoms with Crippen molar-refractivity contribution in [3.8, 4) is 5.75 Å². The van der Waals surface area contributed by atoms with E-state index in [2.05, 4.69) is 50.2 Å². The molecule has 2 aromatic rings. The number of amides is 1. The van der Waals surface area contributed by atoms with Crippen molar-refractivity contribution in [3.05, 3.63) is 65.1 Å². The Morgan fingerprint density at radius 3 is 2.38 bits per heavy atom. The SMILES string of the molecule is CN=C1S/C(=C\c2cc(I)c(OCc3ccc(C(=O)O)cc3)c(I)c2)C(=O)N1C. The molecule has 6 nitrogen and oxygen atoms in total. The van der Waals surface area contributed by atoms with Gasteiger partial charge in [0.2, 0.25) is 0 Å². The third kappa shape index (κ3) is 5.12. The summed E-state index contributed by atoms with van der Waals surface area (Å²) in [6, 6.07) is 10.5. The van der Waals surface area contributed by atoms with Gasteiger partial charge in [0.05, 0.1) is 17.6 Å². The van der Waals surface area contributed by atoms with Crippen molar-refractivity contribution >= 4 is 80.1 Å². The minimum absolute atomic E-state index is 0.0641. The van der Waals surface area contributed by atoms with Gasteiger partial charge in [0.1, 0.15) is 12.4 Å². The zero-order valence-corrected chi connectivity index (χ0v) is 20.6. The standard InChI is InChI=1S/C20H16I2N2O4S/c1-23-20-24(2)18(25)16(29-20)9-12-7-14(21)17(15(22)8-12)28-10-11-3-5-13(6-4-11)19(26)27/h3-9H,10H2,1-2H3,(H,26,27)/b16-9-,23-20?. The molecule has 0 unspecified atom stereocenters. The molecule has 1 saturated heterocycles. The molecule has 0 aromatic heterocycles. The third-order valence-corrected chi connectivity index (χ3v) is 6.85. The molecule has 1 aliphatic rings. The number of rotatable bonds is 5. The van der Waals surface area contributed by atoms with Gasteiger partial charge in [-0.2, -0.15) is 0 Å². The number of thioether (sulfide) groups is 1. The first-order chi connectivity index (χ1) is 13.8. The van der Waals surface area contributed by atoms with Crippen molar-refractivity contribution in [1.29, 1.82) is 0 Å². The van der Waals surface area contributed by atoms with Crippen molar-refractivity contribution in [2.75, 3.05) is 14.1 Å². The van der Waals surface area contributed by atoms with Gasteiger partial charge < -0.3 is 9.84 Å². The molecule has 1 aliphatic heterocycles. The van der Waals surface area contributed by atoms with Gasteiger partial charge in [-0.25, -0.2) is 4.79 Å². The molecule has 1 heterocycles. The molecule has 2 aromatic carbocycles. The van der Waals surface area contributed by atoms with Crippen molar-refractivity contribution in [2.24, 2.45) is 4.99 Å². The maximum atomic E-state index is 12.3. The van der Waals surface area contributed by atoms with Crippen LogP contribution in [0.4, 0.5) is 0 Å². The van der Waals surface area contributed by atoms with Crippen molar-refractivity contribution in [2.45, 2.75) is 6.61 Å². The van der Waals surface area contributed by atoms with Crippen LogP contribution in [0.25, 0.3) is 6.08 Å². The first-order valence-electron chi connectivity index (χ1n) is 8.38. The summed E-state index contributed by atoms with van der Waals surface area (Å²) in [6.07, 6.45) is 1.86. The van der Waals surface area contributed by atoms with Crippen molar-refractivity contribution < 1.29 is 19.4 Å². The largest absolute Gasteiger partial charge is 0.487 e. The summed E-state index contributed by atoms with van der Waals surface area (Å²) < 4.78 is 7.82. The molecule has 150 valence electrons. The molecule has 1 fully saturated rings. The van der Waals surface area contributed by atoms with E-state index < -0.39 is 5.97 Å². The smallest absolute Gasteiger partial charge is 0.335 e. The van der Waals surface area contributed by atoms with E-state index in [1.165, 1.54) is 11.8 Å². The second-order valence-electron chi connectivity index (χ2n) is 6.09. The fourth-order valence-electron chi connectivity index (χ4n) is 2.60. The highest BCUT2D eigenvalue weighted by Gasteiger charge is 2.29. The van der Waals surface area contributed by atoms with Gasteiger partial charge in [-0.1, -0.05) is 12.1 Å². The molecule has 1 N–H and O–H groups in total. The van der Waals surface area contributed by atoms with Gasteiger partial charge in [-0.3, -0.25) is 14.7 Å². The summed E-state index contributed by atoms with van der Waals surface area (Å²) in [6.45, 7) is 0.335. The zero-order valence-electron chi connectivity index (χ0n) is 15.5. The number of nitrogens with zero attached hydrogens (tertiary/aromatic N) is 2. The van der Waals surface area contributed by atoms with E-state index in [0.717, 1.165) is 24.0 Å². The van der Waals surface area contributed by atoms with E-state index in [0.29, 0.717) is 16.7 Å². The Kier molecular flexibility index (Phi) is 7.22. The topological polar surface area (TPSA) is 79.2 Å². The Balaban J connectivity index is 1.77. The fraction of sp³-hybridized carbons (Fsp3) is 0.150. The van der Waals surface area contributed by atoms with Crippen LogP contribution in [0.15, 0.2) is 46.3 Å². The molecule has 1 amide bonds. The highest BCUT2D eigenvalue weighted by Crippen LogP contribution is 2.34. The van der Waals surface area contributed by atoms with E-state index in [-0.39, 0.29) is 11.5 Å². The molecule has 0 spiro atoms. The lowest BCUT2D eigenvalue weighted by molar-refractivity contribution is -0.121. The van der Waals surface area contributed by atoms with Gasteiger partial charge in [-0.05, 0) is 98.4 Å². The van der Waals surface area contributed by atoms with Crippen LogP contribution in [0, 0.1) is 7.14 Å². The van der Waals surface area contributed by atoms with Crippen LogP contribution < -0.4 is 4.74 Å². The molecule has 0 radical (unpaired) electrons. The van der Waals surface area contributed by atoms with Crippen LogP contribution in [-0.2, 0) is 11.4 Å². The lowest BCUT2D eigenvalue weighted by Gasteiger charge is -2.12. The van der Waals surface area contributed by atoms with Crippen LogP contribution in [0.1, 0.15) is 21.5 Å². The number of aliphatic imine (C=N–C) groups is 1. The van der Waals surface area contributed by atoms with Gasteiger partial charge in [-0.15, -0.1) is 0 Å². The number of carbonyl (C=O) groups excluding carboxylic acids is 1. The van der Waals surface area contributed by atoms with E-state index >= 15 is 0 Å². The number of hydrogen-bond donors (Lipinski definition) is 1. The molecule has 0 aliphatic carbocycles. The quantitative estimate of drug-likeness (QED) is 0.381. The Labute approximate surface area is 199 Å². The molecule has 9 heteroatoms. The number of carboxylic acids is 1. The Hall–Kier alpha value is -1.60. The van der Waals surface area contributed by atoms with Crippen molar-refractivity contribution in [3.63, 3.8) is 0 Å². The van der Waals surface area contributed by atoms with Gasteiger partial charge >= 0.3 is 5.97 Å². The normalized spacial score (nSPS) is 16.7. The maximum Gasteiger partial charge on any atom is 0.335 e. The van der Waals surface area contributed by atoms with Crippen molar-refractivity contribution in [1.82, 2.24) is 4.90 Å². The number of carboxylic acid groups (broad SMARTS) is 1. The molecular formula is C20H16I2N2O4S. The number of hydrogen-bond acceptors (Lipinski definition) is 5. The highest BCUT2D eigenvalue weighted by atomic mass is 127. The van der Waals surface area contributed by atoms with E-state index in [1.807, 2.05) is 18.2 Å². The minimum atomic E-state index is -0.950. The summed E-state index contributed by atoms with van der Waals surface area (Å²) in [5, 5.41) is 9.65. The lowest BCUT2D eigenvalue weighted by atomic mass is 10.1. The summed E-state index contributed by atoms with van der Waals surface area (Å²) in [5.41, 5.74) is 2.05. The molecule has 3 rings (SSSR count). The minimum Gasteiger partial charge on any atom is -0.487 e. The number of likely N-dealkylation sites (N-methyl/N-ethyl adjacent to an activating group) is 1. The molecule has 0 atom stereocenters. The number of carbonyl (C=O) groups is 2. The fourth-order valence-corrected chi connectivity index (χ4v) is 5.66.